The van der Waals surface area contributed by atoms with Gasteiger partial charge in [-0.3, -0.25) is 24.5 Å². The second-order valence-electron chi connectivity index (χ2n) is 8.13. The van der Waals surface area contributed by atoms with Gasteiger partial charge in [0.15, 0.2) is 6.61 Å². The van der Waals surface area contributed by atoms with Crippen molar-refractivity contribution in [2.75, 3.05) is 16.8 Å². The lowest BCUT2D eigenvalue weighted by atomic mass is 9.87. The molecule has 2 amide bonds. The Kier molecular flexibility index (Phi) is 7.21. The van der Waals surface area contributed by atoms with E-state index in [0.29, 0.717) is 5.69 Å². The lowest BCUT2D eigenvalue weighted by Gasteiger charge is -2.39. The number of nitro groups is 1. The van der Waals surface area contributed by atoms with E-state index in [-0.39, 0.29) is 30.1 Å². The minimum Gasteiger partial charge on any atom is -0.455 e. The molecule has 1 aromatic heterocycles. The van der Waals surface area contributed by atoms with E-state index < -0.39 is 35.4 Å². The number of nitrogens with one attached hydrogen (secondary N) is 1. The minimum absolute atomic E-state index is 0.0174. The van der Waals surface area contributed by atoms with Crippen LogP contribution in [0.2, 0.25) is 0 Å². The number of piperidine rings is 1. The van der Waals surface area contributed by atoms with Crippen LogP contribution in [-0.2, 0) is 19.1 Å². The Hall–Kier alpha value is -4.05. The van der Waals surface area contributed by atoms with Gasteiger partial charge in [-0.05, 0) is 43.0 Å². The second kappa shape index (κ2) is 10.5. The lowest BCUT2D eigenvalue weighted by Crippen LogP contribution is -2.46. The number of benzene rings is 2. The summed E-state index contributed by atoms with van der Waals surface area (Å²) in [6.07, 6.45) is 0.451. The molecule has 1 N–H and O–H groups in total. The van der Waals surface area contributed by atoms with Crippen LogP contribution in [0, 0.1) is 23.0 Å². The molecule has 0 spiro atoms. The van der Waals surface area contributed by atoms with Crippen molar-refractivity contribution < 1.29 is 24.0 Å². The van der Waals surface area contributed by atoms with Gasteiger partial charge in [0.1, 0.15) is 5.69 Å². The molecule has 4 rings (SSSR count). The van der Waals surface area contributed by atoms with Crippen LogP contribution in [0.5, 0.6) is 0 Å². The summed E-state index contributed by atoms with van der Waals surface area (Å²) in [6, 6.07) is 16.4. The lowest BCUT2D eigenvalue weighted by molar-refractivity contribution is -0.383. The van der Waals surface area contributed by atoms with Crippen LogP contribution in [0.1, 0.15) is 29.3 Å². The molecule has 2 heterocycles. The molecule has 0 aliphatic carbocycles. The first-order valence-electron chi connectivity index (χ1n) is 11.0. The molecule has 1 aliphatic rings. The summed E-state index contributed by atoms with van der Waals surface area (Å²) < 4.78 is 5.33. The zero-order valence-electron chi connectivity index (χ0n) is 18.9. The molecular weight excluding hydrogens is 470 g/mol. The van der Waals surface area contributed by atoms with E-state index in [1.54, 1.807) is 11.0 Å². The highest BCUT2D eigenvalue weighted by atomic mass is 32.1. The molecule has 10 heteroatoms. The number of hydrogen-bond donors (Lipinski definition) is 1. The van der Waals surface area contributed by atoms with Crippen LogP contribution in [0.25, 0.3) is 0 Å². The number of anilines is 2. The maximum absolute atomic E-state index is 13.1. The minimum atomic E-state index is -0.692. The third kappa shape index (κ3) is 5.38. The molecule has 1 aliphatic heterocycles. The largest absolute Gasteiger partial charge is 0.455 e. The third-order valence-corrected chi connectivity index (χ3v) is 6.71. The molecule has 9 nitrogen and oxygen atoms in total. The fraction of sp³-hybridized carbons (Fsp3) is 0.240. The molecule has 180 valence electrons. The number of para-hydroxylation sites is 2. The zero-order valence-corrected chi connectivity index (χ0v) is 19.7. The first kappa shape index (κ1) is 24.1. The molecule has 3 aromatic rings. The van der Waals surface area contributed by atoms with Gasteiger partial charge in [0.2, 0.25) is 5.91 Å². The van der Waals surface area contributed by atoms with Gasteiger partial charge in [-0.1, -0.05) is 35.9 Å². The van der Waals surface area contributed by atoms with Gasteiger partial charge in [-0.2, -0.15) is 0 Å². The van der Waals surface area contributed by atoms with Crippen molar-refractivity contribution in [3.05, 3.63) is 86.6 Å². The van der Waals surface area contributed by atoms with Crippen molar-refractivity contribution in [3.8, 4) is 0 Å². The van der Waals surface area contributed by atoms with Crippen LogP contribution in [0.15, 0.2) is 66.0 Å². The van der Waals surface area contributed by atoms with Crippen molar-refractivity contribution in [3.63, 3.8) is 0 Å². The van der Waals surface area contributed by atoms with Crippen LogP contribution in [-0.4, -0.2) is 29.3 Å². The molecule has 2 atom stereocenters. The van der Waals surface area contributed by atoms with Crippen molar-refractivity contribution >= 4 is 46.2 Å². The van der Waals surface area contributed by atoms with Gasteiger partial charge in [0.05, 0.1) is 16.9 Å². The monoisotopic (exact) mass is 493 g/mol. The summed E-state index contributed by atoms with van der Waals surface area (Å²) in [7, 11) is 0. The Labute approximate surface area is 205 Å². The molecule has 0 bridgehead atoms. The number of rotatable bonds is 7. The van der Waals surface area contributed by atoms with Gasteiger partial charge in [-0.25, -0.2) is 0 Å². The third-order valence-electron chi connectivity index (χ3n) is 5.77. The van der Waals surface area contributed by atoms with E-state index in [1.165, 1.54) is 29.5 Å². The number of aryl methyl sites for hydroxylation is 1. The number of carbonyl (C=O) groups excluding carboxylic acids is 3. The summed E-state index contributed by atoms with van der Waals surface area (Å²) in [4.78, 5) is 51.5. The number of carbonyl (C=O) groups is 3. The topological polar surface area (TPSA) is 119 Å². The molecular formula is C25H23N3O6S. The number of amides is 2. The predicted molar refractivity (Wildman–Crippen MR) is 131 cm³/mol. The van der Waals surface area contributed by atoms with Crippen molar-refractivity contribution in [2.45, 2.75) is 25.8 Å². The highest BCUT2D eigenvalue weighted by Crippen LogP contribution is 2.42. The number of ether oxygens (including phenoxy) is 1. The summed E-state index contributed by atoms with van der Waals surface area (Å²) in [6.45, 7) is 1.35. The van der Waals surface area contributed by atoms with Gasteiger partial charge in [-0.15, -0.1) is 11.3 Å². The number of nitro benzene ring substituents is 1. The molecule has 0 radical (unpaired) electrons. The van der Waals surface area contributed by atoms with Gasteiger partial charge < -0.3 is 15.0 Å². The quantitative estimate of drug-likeness (QED) is 0.291. The number of nitrogens with zero attached hydrogens (tertiary/aromatic N) is 2. The van der Waals surface area contributed by atoms with E-state index in [9.17, 15) is 24.5 Å². The number of hydrogen-bond acceptors (Lipinski definition) is 7. The zero-order chi connectivity index (χ0) is 24.9. The Morgan fingerprint density at radius 1 is 1.14 bits per heavy atom. The average molecular weight is 494 g/mol. The van der Waals surface area contributed by atoms with E-state index >= 15 is 0 Å². The summed E-state index contributed by atoms with van der Waals surface area (Å²) in [5.74, 6) is -2.06. The highest BCUT2D eigenvalue weighted by Gasteiger charge is 2.43. The van der Waals surface area contributed by atoms with Gasteiger partial charge in [0, 0.05) is 23.1 Å². The number of thiophene rings is 1. The first-order chi connectivity index (χ1) is 16.8. The highest BCUT2D eigenvalue weighted by molar-refractivity contribution is 7.10. The smallest absolute Gasteiger partial charge is 0.311 e. The number of esters is 1. The molecule has 2 unspecified atom stereocenters. The van der Waals surface area contributed by atoms with Crippen molar-refractivity contribution in [2.24, 2.45) is 5.92 Å². The Balaban J connectivity index is 1.51. The van der Waals surface area contributed by atoms with E-state index in [1.807, 2.05) is 48.7 Å². The molecule has 2 aromatic carbocycles. The summed E-state index contributed by atoms with van der Waals surface area (Å²) >= 11 is 1.44. The molecule has 0 saturated carbocycles. The Morgan fingerprint density at radius 2 is 1.89 bits per heavy atom. The summed E-state index contributed by atoms with van der Waals surface area (Å²) in [5, 5.41) is 15.4. The maximum Gasteiger partial charge on any atom is 0.311 e. The van der Waals surface area contributed by atoms with Crippen LogP contribution in [0.4, 0.5) is 17.1 Å². The van der Waals surface area contributed by atoms with E-state index in [0.717, 1.165) is 10.4 Å². The molecule has 1 fully saturated rings. The van der Waals surface area contributed by atoms with Crippen LogP contribution < -0.4 is 10.2 Å². The fourth-order valence-electron chi connectivity index (χ4n) is 4.10. The van der Waals surface area contributed by atoms with Crippen LogP contribution in [0.3, 0.4) is 0 Å². The first-order valence-corrected chi connectivity index (χ1v) is 11.8. The average Bonchev–Trinajstić information content (AvgIpc) is 3.38. The van der Waals surface area contributed by atoms with Gasteiger partial charge in [0.25, 0.3) is 11.6 Å². The molecule has 1 saturated heterocycles. The molecule has 35 heavy (non-hydrogen) atoms. The van der Waals surface area contributed by atoms with Gasteiger partial charge >= 0.3 is 5.97 Å². The maximum atomic E-state index is 13.1. The predicted octanol–water partition coefficient (Wildman–Crippen LogP) is 4.63. The normalized spacial score (nSPS) is 17.6. The van der Waals surface area contributed by atoms with E-state index in [2.05, 4.69) is 5.32 Å². The Morgan fingerprint density at radius 3 is 2.57 bits per heavy atom. The van der Waals surface area contributed by atoms with Crippen molar-refractivity contribution in [1.29, 1.82) is 0 Å². The van der Waals surface area contributed by atoms with Crippen LogP contribution >= 0.6 is 11.3 Å². The Bertz CT molecular complexity index is 1240. The standard InChI is InChI=1S/C25H23N3O6S/c1-16-8-10-17(11-9-16)27-23(30)13-12-18(24(27)21-7-4-14-35-21)25(31)34-15-22(29)26-19-5-2-3-6-20(19)28(32)33/h2-11,14,18,24H,12-13,15H2,1H3,(H,26,29). The summed E-state index contributed by atoms with van der Waals surface area (Å²) in [5.41, 5.74) is 1.49. The second-order valence-corrected chi connectivity index (χ2v) is 9.11. The van der Waals surface area contributed by atoms with E-state index in [4.69, 9.17) is 4.74 Å². The SMILES string of the molecule is Cc1ccc(N2C(=O)CCC(C(=O)OCC(=O)Nc3ccccc3[N+](=O)[O-])C2c2cccs2)cc1. The fourth-order valence-corrected chi connectivity index (χ4v) is 4.98. The van der Waals surface area contributed by atoms with Crippen molar-refractivity contribution in [1.82, 2.24) is 0 Å².